The number of rotatable bonds is 3. The van der Waals surface area contributed by atoms with Crippen LogP contribution in [0.3, 0.4) is 0 Å². The van der Waals surface area contributed by atoms with Gasteiger partial charge in [-0.2, -0.15) is 5.26 Å². The molecule has 0 saturated heterocycles. The van der Waals surface area contributed by atoms with E-state index in [9.17, 15) is 10.1 Å². The predicted octanol–water partition coefficient (Wildman–Crippen LogP) is 7.58. The monoisotopic (exact) mass is 511 g/mol. The number of hydrogen-bond donors (Lipinski definition) is 1. The molecule has 0 saturated carbocycles. The average molecular weight is 512 g/mol. The molecule has 3 aliphatic rings. The van der Waals surface area contributed by atoms with Crippen LogP contribution in [0.15, 0.2) is 90.3 Å². The molecule has 4 nitrogen and oxygen atoms in total. The summed E-state index contributed by atoms with van der Waals surface area (Å²) < 4.78 is 0. The van der Waals surface area contributed by atoms with Crippen molar-refractivity contribution in [3.05, 3.63) is 118 Å². The van der Waals surface area contributed by atoms with Gasteiger partial charge in [0.15, 0.2) is 5.13 Å². The zero-order valence-corrected chi connectivity index (χ0v) is 22.0. The van der Waals surface area contributed by atoms with Crippen LogP contribution in [0.2, 0.25) is 0 Å². The molecule has 5 heteroatoms. The lowest BCUT2D eigenvalue weighted by Gasteiger charge is -2.55. The van der Waals surface area contributed by atoms with E-state index in [1.165, 1.54) is 22.3 Å². The zero-order chi connectivity index (χ0) is 26.1. The summed E-state index contributed by atoms with van der Waals surface area (Å²) in [6.07, 6.45) is 0.571. The number of aryl methyl sites for hydroxylation is 1. The number of aromatic nitrogens is 1. The van der Waals surface area contributed by atoms with Gasteiger partial charge in [0.05, 0.1) is 17.2 Å². The van der Waals surface area contributed by atoms with Crippen molar-refractivity contribution in [1.82, 2.24) is 4.98 Å². The van der Waals surface area contributed by atoms with Crippen LogP contribution in [0.1, 0.15) is 47.1 Å². The first-order valence-electron chi connectivity index (χ1n) is 12.8. The van der Waals surface area contributed by atoms with Gasteiger partial charge < -0.3 is 5.32 Å². The number of nitriles is 1. The number of anilines is 1. The van der Waals surface area contributed by atoms with Crippen molar-refractivity contribution in [3.63, 3.8) is 0 Å². The van der Waals surface area contributed by atoms with Crippen LogP contribution in [0.4, 0.5) is 5.13 Å². The van der Waals surface area contributed by atoms with E-state index in [2.05, 4.69) is 54.7 Å². The van der Waals surface area contributed by atoms with Gasteiger partial charge in [-0.3, -0.25) is 4.79 Å². The second-order valence-corrected chi connectivity index (χ2v) is 11.5. The van der Waals surface area contributed by atoms with Crippen molar-refractivity contribution >= 4 is 33.1 Å². The fraction of sp³-hybridized carbons (Fsp3) is 0.182. The minimum absolute atomic E-state index is 0.0687. The summed E-state index contributed by atoms with van der Waals surface area (Å²) in [5.74, 6) is -0.0955. The Kier molecular flexibility index (Phi) is 4.89. The van der Waals surface area contributed by atoms with Crippen LogP contribution < -0.4 is 5.32 Å². The number of nitrogens with zero attached hydrogens (tertiary/aromatic N) is 2. The van der Waals surface area contributed by atoms with E-state index < -0.39 is 10.8 Å². The fourth-order valence-electron chi connectivity index (χ4n) is 6.84. The van der Waals surface area contributed by atoms with Crippen LogP contribution in [0.5, 0.6) is 0 Å². The number of hydrogen-bond acceptors (Lipinski definition) is 4. The SMILES string of the molecule is Cc1ccc(-c2csc(NC(=O)C3(C)CC4c5ccccc5C3(C#N)c3ccccc34)n2)c2ccccc12. The minimum Gasteiger partial charge on any atom is -0.301 e. The first-order chi connectivity index (χ1) is 18.5. The first kappa shape index (κ1) is 22.9. The van der Waals surface area contributed by atoms with E-state index >= 15 is 0 Å². The van der Waals surface area contributed by atoms with Crippen molar-refractivity contribution < 1.29 is 4.79 Å². The molecular formula is C33H25N3OS. The molecule has 2 bridgehead atoms. The van der Waals surface area contributed by atoms with Gasteiger partial charge in [0, 0.05) is 16.9 Å². The van der Waals surface area contributed by atoms with Gasteiger partial charge in [0.1, 0.15) is 5.41 Å². The molecule has 1 atom stereocenters. The molecule has 1 unspecified atom stereocenters. The van der Waals surface area contributed by atoms with E-state index in [1.807, 2.05) is 60.8 Å². The van der Waals surface area contributed by atoms with E-state index in [-0.39, 0.29) is 11.8 Å². The third kappa shape index (κ3) is 2.90. The van der Waals surface area contributed by atoms with Crippen molar-refractivity contribution in [2.45, 2.75) is 31.6 Å². The summed E-state index contributed by atoms with van der Waals surface area (Å²) in [7, 11) is 0. The van der Waals surface area contributed by atoms with Gasteiger partial charge >= 0.3 is 0 Å². The third-order valence-electron chi connectivity index (χ3n) is 8.73. The normalized spacial score (nSPS) is 22.9. The van der Waals surface area contributed by atoms with Crippen LogP contribution >= 0.6 is 11.3 Å². The average Bonchev–Trinajstić information content (AvgIpc) is 3.42. The van der Waals surface area contributed by atoms with E-state index in [0.29, 0.717) is 11.6 Å². The Hall–Kier alpha value is -4.27. The molecule has 184 valence electrons. The molecule has 5 aromatic rings. The summed E-state index contributed by atoms with van der Waals surface area (Å²) in [5.41, 5.74) is 5.26. The fourth-order valence-corrected chi connectivity index (χ4v) is 7.55. The number of benzene rings is 4. The molecule has 38 heavy (non-hydrogen) atoms. The van der Waals surface area contributed by atoms with Crippen molar-refractivity contribution in [2.75, 3.05) is 5.32 Å². The molecular weight excluding hydrogens is 486 g/mol. The van der Waals surface area contributed by atoms with Crippen molar-refractivity contribution in [3.8, 4) is 17.3 Å². The molecule has 1 amide bonds. The molecule has 3 aliphatic carbocycles. The number of amides is 1. The molecule has 0 radical (unpaired) electrons. The molecule has 8 rings (SSSR count). The lowest BCUT2D eigenvalue weighted by atomic mass is 9.44. The Morgan fingerprint density at radius 2 is 1.58 bits per heavy atom. The van der Waals surface area contributed by atoms with E-state index in [1.54, 1.807) is 0 Å². The van der Waals surface area contributed by atoms with Gasteiger partial charge in [-0.1, -0.05) is 84.9 Å². The number of carbonyl (C=O) groups excluding carboxylic acids is 1. The summed E-state index contributed by atoms with van der Waals surface area (Å²) in [6.45, 7) is 4.06. The van der Waals surface area contributed by atoms with Gasteiger partial charge in [-0.15, -0.1) is 11.3 Å². The summed E-state index contributed by atoms with van der Waals surface area (Å²) in [4.78, 5) is 19.0. The third-order valence-corrected chi connectivity index (χ3v) is 9.49. The highest BCUT2D eigenvalue weighted by atomic mass is 32.1. The maximum atomic E-state index is 14.2. The highest BCUT2D eigenvalue weighted by Crippen LogP contribution is 2.64. The van der Waals surface area contributed by atoms with Crippen molar-refractivity contribution in [2.24, 2.45) is 5.41 Å². The Morgan fingerprint density at radius 3 is 2.26 bits per heavy atom. The standard InChI is InChI=1S/C33H25N3OS/c1-20-15-16-25(22-10-4-3-9-21(20)22)29-18-38-31(35-29)36-30(37)32(2)17-26-23-11-5-7-13-27(23)33(32,19-34)28-14-8-6-12-24(26)28/h3-16,18,26H,17H2,1-2H3,(H,35,36,37). The number of nitrogens with one attached hydrogen (secondary N) is 1. The van der Waals surface area contributed by atoms with Gasteiger partial charge in [-0.25, -0.2) is 4.98 Å². The highest BCUT2D eigenvalue weighted by molar-refractivity contribution is 7.14. The van der Waals surface area contributed by atoms with Crippen LogP contribution in [-0.4, -0.2) is 10.9 Å². The molecule has 4 aromatic carbocycles. The largest absolute Gasteiger partial charge is 0.301 e. The van der Waals surface area contributed by atoms with Gasteiger partial charge in [-0.05, 0) is 58.9 Å². The molecule has 1 heterocycles. The molecule has 1 N–H and O–H groups in total. The topological polar surface area (TPSA) is 65.8 Å². The molecule has 0 spiro atoms. The summed E-state index contributed by atoms with van der Waals surface area (Å²) in [5, 5.41) is 18.8. The predicted molar refractivity (Wildman–Crippen MR) is 152 cm³/mol. The summed E-state index contributed by atoms with van der Waals surface area (Å²) >= 11 is 1.42. The van der Waals surface area contributed by atoms with Crippen LogP contribution in [0, 0.1) is 23.7 Å². The molecule has 0 aliphatic heterocycles. The molecule has 0 fully saturated rings. The quantitative estimate of drug-likeness (QED) is 0.272. The lowest BCUT2D eigenvalue weighted by molar-refractivity contribution is -0.128. The Morgan fingerprint density at radius 1 is 0.947 bits per heavy atom. The molecule has 1 aromatic heterocycles. The first-order valence-corrected chi connectivity index (χ1v) is 13.7. The maximum Gasteiger partial charge on any atom is 0.234 e. The second-order valence-electron chi connectivity index (χ2n) is 10.6. The van der Waals surface area contributed by atoms with E-state index in [4.69, 9.17) is 4.98 Å². The van der Waals surface area contributed by atoms with Crippen LogP contribution in [-0.2, 0) is 10.2 Å². The Bertz CT molecular complexity index is 1770. The number of carbonyl (C=O) groups is 1. The number of fused-ring (bicyclic) bond motifs is 2. The summed E-state index contributed by atoms with van der Waals surface area (Å²) in [6, 6.07) is 31.4. The van der Waals surface area contributed by atoms with Crippen LogP contribution in [0.25, 0.3) is 22.0 Å². The second kappa shape index (κ2) is 8.11. The van der Waals surface area contributed by atoms with Gasteiger partial charge in [0.2, 0.25) is 5.91 Å². The lowest BCUT2D eigenvalue weighted by Crippen LogP contribution is -2.58. The maximum absolute atomic E-state index is 14.2. The smallest absolute Gasteiger partial charge is 0.234 e. The van der Waals surface area contributed by atoms with Gasteiger partial charge in [0.25, 0.3) is 0 Å². The minimum atomic E-state index is -1.08. The Labute approximate surface area is 225 Å². The Balaban J connectivity index is 1.29. The van der Waals surface area contributed by atoms with Crippen molar-refractivity contribution in [1.29, 1.82) is 5.26 Å². The number of thiazole rings is 1. The van der Waals surface area contributed by atoms with E-state index in [0.717, 1.165) is 38.9 Å². The highest BCUT2D eigenvalue weighted by Gasteiger charge is 2.64. The zero-order valence-electron chi connectivity index (χ0n) is 21.2.